The predicted octanol–water partition coefficient (Wildman–Crippen LogP) is 2.36. The Bertz CT molecular complexity index is 323. The van der Waals surface area contributed by atoms with Gasteiger partial charge in [0.25, 0.3) is 0 Å². The second-order valence-electron chi connectivity index (χ2n) is 3.50. The zero-order valence-corrected chi connectivity index (χ0v) is 8.54. The standard InChI is InChI=1S/C11H12O2S/c12-11(13)7-14-10-6-9(10)8-4-2-1-3-5-8/h1-5,9-10H,6-7H2,(H,12,13). The Morgan fingerprint density at radius 3 is 2.79 bits per heavy atom. The largest absolute Gasteiger partial charge is 0.481 e. The molecule has 0 spiro atoms. The zero-order valence-electron chi connectivity index (χ0n) is 7.72. The molecule has 0 aliphatic heterocycles. The molecule has 2 unspecified atom stereocenters. The topological polar surface area (TPSA) is 37.3 Å². The van der Waals surface area contributed by atoms with Gasteiger partial charge in [0.05, 0.1) is 5.75 Å². The molecule has 74 valence electrons. The number of carbonyl (C=O) groups is 1. The first kappa shape index (κ1) is 9.59. The van der Waals surface area contributed by atoms with Gasteiger partial charge in [-0.05, 0) is 17.9 Å². The molecule has 0 bridgehead atoms. The Kier molecular flexibility index (Phi) is 2.77. The van der Waals surface area contributed by atoms with E-state index in [9.17, 15) is 4.79 Å². The van der Waals surface area contributed by atoms with Crippen LogP contribution in [0.1, 0.15) is 17.9 Å². The molecular formula is C11H12O2S. The summed E-state index contributed by atoms with van der Waals surface area (Å²) in [5.41, 5.74) is 1.34. The summed E-state index contributed by atoms with van der Waals surface area (Å²) in [6.45, 7) is 0. The van der Waals surface area contributed by atoms with E-state index in [0.717, 1.165) is 6.42 Å². The van der Waals surface area contributed by atoms with E-state index in [-0.39, 0.29) is 5.75 Å². The molecule has 0 amide bonds. The van der Waals surface area contributed by atoms with Crippen molar-refractivity contribution in [2.24, 2.45) is 0 Å². The molecule has 0 aromatic heterocycles. The number of carboxylic acid groups (broad SMARTS) is 1. The van der Waals surface area contributed by atoms with Crippen LogP contribution < -0.4 is 0 Å². The van der Waals surface area contributed by atoms with Gasteiger partial charge >= 0.3 is 5.97 Å². The highest BCUT2D eigenvalue weighted by molar-refractivity contribution is 8.00. The lowest BCUT2D eigenvalue weighted by Crippen LogP contribution is -1.99. The summed E-state index contributed by atoms with van der Waals surface area (Å²) in [5.74, 6) is 0.0998. The van der Waals surface area contributed by atoms with Gasteiger partial charge in [0.2, 0.25) is 0 Å². The molecule has 1 aromatic rings. The second kappa shape index (κ2) is 4.05. The van der Waals surface area contributed by atoms with Crippen molar-refractivity contribution in [1.29, 1.82) is 0 Å². The van der Waals surface area contributed by atoms with E-state index in [1.165, 1.54) is 5.56 Å². The predicted molar refractivity (Wildman–Crippen MR) is 57.7 cm³/mol. The summed E-state index contributed by atoms with van der Waals surface area (Å²) in [6.07, 6.45) is 1.13. The molecule has 1 aliphatic rings. The van der Waals surface area contributed by atoms with Crippen molar-refractivity contribution in [3.05, 3.63) is 35.9 Å². The van der Waals surface area contributed by atoms with Gasteiger partial charge in [-0.1, -0.05) is 30.3 Å². The minimum atomic E-state index is -0.714. The fourth-order valence-electron chi connectivity index (χ4n) is 1.59. The van der Waals surface area contributed by atoms with Crippen LogP contribution in [0.25, 0.3) is 0 Å². The second-order valence-corrected chi connectivity index (χ2v) is 4.72. The third-order valence-electron chi connectivity index (χ3n) is 2.38. The van der Waals surface area contributed by atoms with Crippen LogP contribution in [-0.4, -0.2) is 22.1 Å². The van der Waals surface area contributed by atoms with Crippen molar-refractivity contribution in [3.63, 3.8) is 0 Å². The Morgan fingerprint density at radius 1 is 1.43 bits per heavy atom. The molecule has 1 aliphatic carbocycles. The molecule has 2 atom stereocenters. The molecule has 0 saturated heterocycles. The molecule has 1 fully saturated rings. The van der Waals surface area contributed by atoms with Crippen LogP contribution in [0.15, 0.2) is 30.3 Å². The quantitative estimate of drug-likeness (QED) is 0.825. The molecule has 1 aromatic carbocycles. The highest BCUT2D eigenvalue weighted by Gasteiger charge is 2.38. The molecule has 1 saturated carbocycles. The molecule has 3 heteroatoms. The van der Waals surface area contributed by atoms with Crippen molar-refractivity contribution in [2.45, 2.75) is 17.6 Å². The normalized spacial score (nSPS) is 24.6. The van der Waals surface area contributed by atoms with E-state index in [4.69, 9.17) is 5.11 Å². The summed E-state index contributed by atoms with van der Waals surface area (Å²) in [7, 11) is 0. The van der Waals surface area contributed by atoms with Crippen LogP contribution in [0.5, 0.6) is 0 Å². The fourth-order valence-corrected chi connectivity index (χ4v) is 2.67. The Morgan fingerprint density at radius 2 is 2.14 bits per heavy atom. The van der Waals surface area contributed by atoms with E-state index in [1.54, 1.807) is 11.8 Å². The van der Waals surface area contributed by atoms with Crippen molar-refractivity contribution in [2.75, 3.05) is 5.75 Å². The first-order valence-electron chi connectivity index (χ1n) is 4.65. The van der Waals surface area contributed by atoms with Crippen molar-refractivity contribution in [3.8, 4) is 0 Å². The highest BCUT2D eigenvalue weighted by atomic mass is 32.2. The Balaban J connectivity index is 1.85. The monoisotopic (exact) mass is 208 g/mol. The maximum absolute atomic E-state index is 10.4. The number of hydrogen-bond acceptors (Lipinski definition) is 2. The Labute approximate surface area is 87.3 Å². The summed E-state index contributed by atoms with van der Waals surface area (Å²) in [4.78, 5) is 10.4. The lowest BCUT2D eigenvalue weighted by atomic mass is 10.1. The van der Waals surface area contributed by atoms with Crippen LogP contribution in [0.4, 0.5) is 0 Å². The third-order valence-corrected chi connectivity index (χ3v) is 3.74. The lowest BCUT2D eigenvalue weighted by Gasteiger charge is -1.98. The van der Waals surface area contributed by atoms with Crippen LogP contribution in [0.3, 0.4) is 0 Å². The number of thioether (sulfide) groups is 1. The average molecular weight is 208 g/mol. The van der Waals surface area contributed by atoms with Crippen molar-refractivity contribution >= 4 is 17.7 Å². The maximum Gasteiger partial charge on any atom is 0.313 e. The van der Waals surface area contributed by atoms with Crippen LogP contribution in [-0.2, 0) is 4.79 Å². The summed E-state index contributed by atoms with van der Waals surface area (Å²) in [5, 5.41) is 9.05. The zero-order chi connectivity index (χ0) is 9.97. The minimum absolute atomic E-state index is 0.230. The van der Waals surface area contributed by atoms with Crippen molar-refractivity contribution < 1.29 is 9.90 Å². The molecule has 2 nitrogen and oxygen atoms in total. The number of carboxylic acids is 1. The van der Waals surface area contributed by atoms with E-state index in [0.29, 0.717) is 11.2 Å². The first-order chi connectivity index (χ1) is 6.77. The van der Waals surface area contributed by atoms with E-state index >= 15 is 0 Å². The number of hydrogen-bond donors (Lipinski definition) is 1. The molecule has 0 heterocycles. The number of benzene rings is 1. The summed E-state index contributed by atoms with van der Waals surface area (Å²) in [6, 6.07) is 10.3. The van der Waals surface area contributed by atoms with Gasteiger partial charge in [0, 0.05) is 5.25 Å². The molecular weight excluding hydrogens is 196 g/mol. The van der Waals surface area contributed by atoms with E-state index < -0.39 is 5.97 Å². The lowest BCUT2D eigenvalue weighted by molar-refractivity contribution is -0.133. The van der Waals surface area contributed by atoms with Crippen LogP contribution in [0.2, 0.25) is 0 Å². The molecule has 1 N–H and O–H groups in total. The fraction of sp³-hybridized carbons (Fsp3) is 0.364. The molecule has 0 radical (unpaired) electrons. The average Bonchev–Trinajstić information content (AvgIpc) is 2.95. The van der Waals surface area contributed by atoms with Gasteiger partial charge in [-0.15, -0.1) is 11.8 Å². The van der Waals surface area contributed by atoms with Gasteiger partial charge in [-0.25, -0.2) is 0 Å². The molecule has 2 rings (SSSR count). The van der Waals surface area contributed by atoms with Gasteiger partial charge in [0.1, 0.15) is 0 Å². The van der Waals surface area contributed by atoms with Crippen molar-refractivity contribution in [1.82, 2.24) is 0 Å². The SMILES string of the molecule is O=C(O)CSC1CC1c1ccccc1. The summed E-state index contributed by atoms with van der Waals surface area (Å²) >= 11 is 1.55. The van der Waals surface area contributed by atoms with E-state index in [2.05, 4.69) is 12.1 Å². The van der Waals surface area contributed by atoms with Crippen LogP contribution >= 0.6 is 11.8 Å². The number of rotatable bonds is 4. The van der Waals surface area contributed by atoms with Crippen LogP contribution in [0, 0.1) is 0 Å². The van der Waals surface area contributed by atoms with E-state index in [1.807, 2.05) is 18.2 Å². The van der Waals surface area contributed by atoms with Gasteiger partial charge < -0.3 is 5.11 Å². The minimum Gasteiger partial charge on any atom is -0.481 e. The summed E-state index contributed by atoms with van der Waals surface area (Å²) < 4.78 is 0. The first-order valence-corrected chi connectivity index (χ1v) is 5.70. The van der Waals surface area contributed by atoms with Gasteiger partial charge in [-0.2, -0.15) is 0 Å². The number of aliphatic carboxylic acids is 1. The molecule has 14 heavy (non-hydrogen) atoms. The highest BCUT2D eigenvalue weighted by Crippen LogP contribution is 2.48. The smallest absolute Gasteiger partial charge is 0.313 e. The van der Waals surface area contributed by atoms with Gasteiger partial charge in [0.15, 0.2) is 0 Å². The Hall–Kier alpha value is -0.960. The maximum atomic E-state index is 10.4. The van der Waals surface area contributed by atoms with Gasteiger partial charge in [-0.3, -0.25) is 4.79 Å². The third kappa shape index (κ3) is 2.29.